The number of urea groups is 1. The number of nitriles is 1. The van der Waals surface area contributed by atoms with Gasteiger partial charge in [-0.2, -0.15) is 18.4 Å². The molecule has 0 radical (unpaired) electrons. The van der Waals surface area contributed by atoms with Crippen LogP contribution in [0.2, 0.25) is 0 Å². The Labute approximate surface area is 165 Å². The summed E-state index contributed by atoms with van der Waals surface area (Å²) in [5.74, 6) is -1.84. The van der Waals surface area contributed by atoms with Gasteiger partial charge < -0.3 is 10.6 Å². The zero-order valence-electron chi connectivity index (χ0n) is 16.3. The summed E-state index contributed by atoms with van der Waals surface area (Å²) in [5.41, 5.74) is -3.98. The molecule has 1 aromatic carbocycles. The summed E-state index contributed by atoms with van der Waals surface area (Å²) in [4.78, 5) is 38.0. The first-order valence-corrected chi connectivity index (χ1v) is 8.78. The molecule has 1 aromatic rings. The number of nitrogens with one attached hydrogen (secondary N) is 2. The molecule has 0 saturated carbocycles. The predicted molar refractivity (Wildman–Crippen MR) is 96.0 cm³/mol. The average molecular weight is 410 g/mol. The van der Waals surface area contributed by atoms with E-state index in [9.17, 15) is 32.8 Å². The number of carbonyl (C=O) groups is 3. The number of rotatable bonds is 5. The second-order valence-electron chi connectivity index (χ2n) is 7.54. The number of hydrogen-bond acceptors (Lipinski definition) is 4. The molecular weight excluding hydrogens is 389 g/mol. The van der Waals surface area contributed by atoms with Crippen LogP contribution in [0.15, 0.2) is 24.3 Å². The Morgan fingerprint density at radius 1 is 1.34 bits per heavy atom. The van der Waals surface area contributed by atoms with E-state index in [4.69, 9.17) is 0 Å². The molecule has 10 heteroatoms. The maximum Gasteiger partial charge on any atom is 0.416 e. The van der Waals surface area contributed by atoms with Gasteiger partial charge in [-0.15, -0.1) is 0 Å². The zero-order valence-corrected chi connectivity index (χ0v) is 16.3. The van der Waals surface area contributed by atoms with Crippen molar-refractivity contribution >= 4 is 17.8 Å². The fourth-order valence-corrected chi connectivity index (χ4v) is 2.82. The molecule has 1 heterocycles. The molecule has 1 saturated heterocycles. The Hall–Kier alpha value is -3.09. The second-order valence-corrected chi connectivity index (χ2v) is 7.54. The van der Waals surface area contributed by atoms with Crippen molar-refractivity contribution in [1.29, 1.82) is 5.26 Å². The summed E-state index contributed by atoms with van der Waals surface area (Å²) in [5, 5.41) is 14.1. The largest absolute Gasteiger partial charge is 0.416 e. The summed E-state index contributed by atoms with van der Waals surface area (Å²) >= 11 is 0. The highest BCUT2D eigenvalue weighted by Gasteiger charge is 2.50. The fraction of sp³-hybridized carbons (Fsp3) is 0.474. The van der Waals surface area contributed by atoms with Crippen LogP contribution in [-0.4, -0.2) is 34.8 Å². The van der Waals surface area contributed by atoms with Crippen molar-refractivity contribution in [3.8, 4) is 6.07 Å². The minimum atomic E-state index is -4.61. The van der Waals surface area contributed by atoms with E-state index in [1.807, 2.05) is 6.07 Å². The van der Waals surface area contributed by atoms with Gasteiger partial charge in [0.1, 0.15) is 17.6 Å². The van der Waals surface area contributed by atoms with Crippen molar-refractivity contribution in [3.63, 3.8) is 0 Å². The minimum absolute atomic E-state index is 0.0578. The van der Waals surface area contributed by atoms with E-state index in [1.54, 1.807) is 13.8 Å². The van der Waals surface area contributed by atoms with Gasteiger partial charge in [0.15, 0.2) is 0 Å². The quantitative estimate of drug-likeness (QED) is 0.728. The van der Waals surface area contributed by atoms with Gasteiger partial charge in [0, 0.05) is 0 Å². The lowest BCUT2D eigenvalue weighted by Crippen LogP contribution is -2.52. The molecule has 156 valence electrons. The van der Waals surface area contributed by atoms with Gasteiger partial charge in [0.2, 0.25) is 5.91 Å². The van der Waals surface area contributed by atoms with Crippen molar-refractivity contribution in [2.45, 2.75) is 44.9 Å². The summed E-state index contributed by atoms with van der Waals surface area (Å²) in [6.45, 7) is 5.56. The van der Waals surface area contributed by atoms with Crippen LogP contribution in [-0.2, 0) is 21.3 Å². The molecule has 1 aliphatic heterocycles. The minimum Gasteiger partial charge on any atom is -0.336 e. The third-order valence-corrected chi connectivity index (χ3v) is 5.13. The number of benzene rings is 1. The van der Waals surface area contributed by atoms with Gasteiger partial charge in [-0.3, -0.25) is 14.5 Å². The Kier molecular flexibility index (Phi) is 5.65. The van der Waals surface area contributed by atoms with Crippen LogP contribution in [0.4, 0.5) is 18.0 Å². The first-order chi connectivity index (χ1) is 13.2. The van der Waals surface area contributed by atoms with Crippen LogP contribution in [0.25, 0.3) is 0 Å². The van der Waals surface area contributed by atoms with Gasteiger partial charge in [-0.1, -0.05) is 26.0 Å². The number of imide groups is 1. The molecule has 1 aliphatic rings. The molecule has 2 N–H and O–H groups in total. The van der Waals surface area contributed by atoms with E-state index in [2.05, 4.69) is 10.6 Å². The molecule has 0 aromatic heterocycles. The Morgan fingerprint density at radius 2 is 1.97 bits per heavy atom. The number of amides is 4. The molecule has 0 unspecified atom stereocenters. The number of nitrogens with zero attached hydrogens (tertiary/aromatic N) is 2. The molecule has 2 rings (SSSR count). The molecule has 4 amide bonds. The highest BCUT2D eigenvalue weighted by Crippen LogP contribution is 2.34. The van der Waals surface area contributed by atoms with Crippen LogP contribution in [0, 0.1) is 17.2 Å². The molecule has 0 aliphatic carbocycles. The molecule has 7 nitrogen and oxygen atoms in total. The van der Waals surface area contributed by atoms with Crippen molar-refractivity contribution in [3.05, 3.63) is 35.4 Å². The molecule has 0 spiro atoms. The summed E-state index contributed by atoms with van der Waals surface area (Å²) < 4.78 is 39.0. The number of carbonyl (C=O) groups excluding carboxylic acids is 3. The smallest absolute Gasteiger partial charge is 0.336 e. The van der Waals surface area contributed by atoms with E-state index in [0.717, 1.165) is 18.2 Å². The molecular formula is C19H21F3N4O3. The van der Waals surface area contributed by atoms with Crippen molar-refractivity contribution in [1.82, 2.24) is 15.5 Å². The summed E-state index contributed by atoms with van der Waals surface area (Å²) in [6, 6.07) is 5.14. The standard InChI is InChI=1S/C19H21F3N4O3/c1-11(2)17(3,10-23)24-14(27)9-26-15(28)18(4,25-16(26)29)12-6-5-7-13(8-12)19(20,21)22/h5-8,11H,9H2,1-4H3,(H,24,27)(H,25,29)/t17-,18-/m1/s1. The van der Waals surface area contributed by atoms with Gasteiger partial charge in [0.05, 0.1) is 11.6 Å². The summed E-state index contributed by atoms with van der Waals surface area (Å²) in [7, 11) is 0. The Balaban J connectivity index is 2.26. The lowest BCUT2D eigenvalue weighted by molar-refractivity contribution is -0.138. The van der Waals surface area contributed by atoms with Crippen molar-refractivity contribution in [2.75, 3.05) is 6.54 Å². The SMILES string of the molecule is CC(C)[C@@](C)(C#N)NC(=O)CN1C(=O)N[C@](C)(c2cccc(C(F)(F)F)c2)C1=O. The van der Waals surface area contributed by atoms with Gasteiger partial charge in [-0.05, 0) is 37.5 Å². The maximum atomic E-state index is 13.0. The molecule has 29 heavy (non-hydrogen) atoms. The Morgan fingerprint density at radius 3 is 2.48 bits per heavy atom. The second kappa shape index (κ2) is 7.39. The van der Waals surface area contributed by atoms with Gasteiger partial charge in [0.25, 0.3) is 5.91 Å². The fourth-order valence-electron chi connectivity index (χ4n) is 2.82. The topological polar surface area (TPSA) is 102 Å². The maximum absolute atomic E-state index is 13.0. The Bertz CT molecular complexity index is 893. The van der Waals surface area contributed by atoms with E-state index in [0.29, 0.717) is 4.90 Å². The lowest BCUT2D eigenvalue weighted by Gasteiger charge is -2.28. The van der Waals surface area contributed by atoms with Gasteiger partial charge in [-0.25, -0.2) is 4.79 Å². The monoisotopic (exact) mass is 410 g/mol. The van der Waals surface area contributed by atoms with Crippen LogP contribution >= 0.6 is 0 Å². The van der Waals surface area contributed by atoms with Gasteiger partial charge >= 0.3 is 12.2 Å². The lowest BCUT2D eigenvalue weighted by atomic mass is 9.90. The highest BCUT2D eigenvalue weighted by atomic mass is 19.4. The van der Waals surface area contributed by atoms with Crippen LogP contribution in [0.3, 0.4) is 0 Å². The highest BCUT2D eigenvalue weighted by molar-refractivity contribution is 6.09. The van der Waals surface area contributed by atoms with E-state index in [1.165, 1.54) is 19.9 Å². The molecule has 1 fully saturated rings. The van der Waals surface area contributed by atoms with E-state index >= 15 is 0 Å². The first kappa shape index (κ1) is 22.2. The average Bonchev–Trinajstić information content (AvgIpc) is 2.85. The summed E-state index contributed by atoms with van der Waals surface area (Å²) in [6.07, 6.45) is -4.61. The normalized spacial score (nSPS) is 21.6. The number of halogens is 3. The number of hydrogen-bond donors (Lipinski definition) is 2. The van der Waals surface area contributed by atoms with E-state index < -0.39 is 47.2 Å². The third-order valence-electron chi connectivity index (χ3n) is 5.13. The third kappa shape index (κ3) is 4.18. The van der Waals surface area contributed by atoms with Crippen LogP contribution in [0.1, 0.15) is 38.8 Å². The zero-order chi connectivity index (χ0) is 22.2. The first-order valence-electron chi connectivity index (χ1n) is 8.78. The molecule has 0 bridgehead atoms. The number of alkyl halides is 3. The van der Waals surface area contributed by atoms with Crippen molar-refractivity contribution < 1.29 is 27.6 Å². The molecule has 2 atom stereocenters. The predicted octanol–water partition coefficient (Wildman–Crippen LogP) is 2.53. The van der Waals surface area contributed by atoms with Crippen molar-refractivity contribution in [2.24, 2.45) is 5.92 Å². The van der Waals surface area contributed by atoms with E-state index in [-0.39, 0.29) is 11.5 Å². The van der Waals surface area contributed by atoms with Crippen LogP contribution in [0.5, 0.6) is 0 Å². The van der Waals surface area contributed by atoms with Crippen LogP contribution < -0.4 is 10.6 Å².